The zero-order chi connectivity index (χ0) is 15.7. The molecule has 0 bridgehead atoms. The van der Waals surface area contributed by atoms with Crippen molar-refractivity contribution in [2.45, 2.75) is 79.6 Å². The van der Waals surface area contributed by atoms with Gasteiger partial charge in [-0.2, -0.15) is 0 Å². The van der Waals surface area contributed by atoms with Crippen molar-refractivity contribution >= 4 is 6.29 Å². The molecule has 120 valence electrons. The highest BCUT2D eigenvalue weighted by atomic mass is 16.1. The van der Waals surface area contributed by atoms with Gasteiger partial charge in [0.2, 0.25) is 0 Å². The molecule has 4 atom stereocenters. The first-order valence-corrected chi connectivity index (χ1v) is 8.92. The Labute approximate surface area is 131 Å². The molecule has 21 heavy (non-hydrogen) atoms. The maximum Gasteiger partial charge on any atom is 0.142 e. The Balaban J connectivity index is 2.17. The zero-order valence-corrected chi connectivity index (χ0v) is 14.7. The third-order valence-electron chi connectivity index (χ3n) is 6.92. The molecule has 2 fully saturated rings. The van der Waals surface area contributed by atoms with Crippen LogP contribution in [0.4, 0.5) is 0 Å². The molecule has 1 heteroatoms. The molecule has 0 aromatic heterocycles. The smallest absolute Gasteiger partial charge is 0.142 e. The number of hydrogen-bond donors (Lipinski definition) is 0. The molecule has 2 aliphatic carbocycles. The van der Waals surface area contributed by atoms with E-state index in [1.165, 1.54) is 44.1 Å². The first-order chi connectivity index (χ1) is 9.81. The number of aldehydes is 1. The van der Waals surface area contributed by atoms with Crippen molar-refractivity contribution in [2.75, 3.05) is 0 Å². The highest BCUT2D eigenvalue weighted by Crippen LogP contribution is 2.62. The Morgan fingerprint density at radius 3 is 2.57 bits per heavy atom. The van der Waals surface area contributed by atoms with Crippen LogP contribution in [0, 0.1) is 28.6 Å². The molecular formula is C20H34O. The Kier molecular flexibility index (Phi) is 5.00. The van der Waals surface area contributed by atoms with Crippen LogP contribution in [0.2, 0.25) is 0 Å². The number of allylic oxidation sites excluding steroid dienone is 2. The van der Waals surface area contributed by atoms with Gasteiger partial charge in [-0.05, 0) is 73.7 Å². The second-order valence-corrected chi connectivity index (χ2v) is 8.75. The van der Waals surface area contributed by atoms with Crippen LogP contribution in [0.15, 0.2) is 11.6 Å². The second kappa shape index (κ2) is 6.26. The van der Waals surface area contributed by atoms with Gasteiger partial charge in [0, 0.05) is 0 Å². The van der Waals surface area contributed by atoms with Crippen LogP contribution < -0.4 is 0 Å². The number of rotatable bonds is 4. The quantitative estimate of drug-likeness (QED) is 0.473. The van der Waals surface area contributed by atoms with E-state index in [1.54, 1.807) is 6.08 Å². The molecule has 0 heterocycles. The summed E-state index contributed by atoms with van der Waals surface area (Å²) < 4.78 is 0. The first kappa shape index (κ1) is 16.8. The molecule has 0 aromatic rings. The monoisotopic (exact) mass is 290 g/mol. The van der Waals surface area contributed by atoms with Crippen LogP contribution in [0.25, 0.3) is 0 Å². The van der Waals surface area contributed by atoms with Crippen LogP contribution in [-0.4, -0.2) is 6.29 Å². The van der Waals surface area contributed by atoms with E-state index in [0.29, 0.717) is 10.8 Å². The molecule has 0 saturated heterocycles. The summed E-state index contributed by atoms with van der Waals surface area (Å²) in [6, 6.07) is 0. The van der Waals surface area contributed by atoms with E-state index in [-0.39, 0.29) is 0 Å². The first-order valence-electron chi connectivity index (χ1n) is 8.92. The average molecular weight is 290 g/mol. The van der Waals surface area contributed by atoms with E-state index in [0.717, 1.165) is 30.5 Å². The number of carbonyl (C=O) groups excluding carboxylic acids is 1. The highest BCUT2D eigenvalue weighted by molar-refractivity contribution is 5.65. The van der Waals surface area contributed by atoms with E-state index in [4.69, 9.17) is 0 Å². The normalized spacial score (nSPS) is 39.7. The van der Waals surface area contributed by atoms with Gasteiger partial charge < -0.3 is 0 Å². The number of carbonyl (C=O) groups is 1. The van der Waals surface area contributed by atoms with Gasteiger partial charge in [-0.25, -0.2) is 0 Å². The maximum absolute atomic E-state index is 10.6. The van der Waals surface area contributed by atoms with Crippen molar-refractivity contribution in [2.24, 2.45) is 28.6 Å². The van der Waals surface area contributed by atoms with Gasteiger partial charge in [-0.3, -0.25) is 4.79 Å². The van der Waals surface area contributed by atoms with Crippen LogP contribution >= 0.6 is 0 Å². The highest BCUT2D eigenvalue weighted by Gasteiger charge is 2.53. The van der Waals surface area contributed by atoms with Gasteiger partial charge >= 0.3 is 0 Å². The van der Waals surface area contributed by atoms with Gasteiger partial charge in [0.25, 0.3) is 0 Å². The molecule has 4 unspecified atom stereocenters. The fourth-order valence-electron chi connectivity index (χ4n) is 5.81. The van der Waals surface area contributed by atoms with Crippen LogP contribution in [0.3, 0.4) is 0 Å². The topological polar surface area (TPSA) is 17.1 Å². The lowest BCUT2D eigenvalue weighted by Crippen LogP contribution is -2.51. The summed E-state index contributed by atoms with van der Waals surface area (Å²) >= 11 is 0. The van der Waals surface area contributed by atoms with Crippen molar-refractivity contribution in [3.8, 4) is 0 Å². The van der Waals surface area contributed by atoms with Crippen molar-refractivity contribution in [3.63, 3.8) is 0 Å². The fourth-order valence-corrected chi connectivity index (χ4v) is 5.81. The zero-order valence-electron chi connectivity index (χ0n) is 14.7. The van der Waals surface area contributed by atoms with E-state index >= 15 is 0 Å². The van der Waals surface area contributed by atoms with Gasteiger partial charge in [0.05, 0.1) is 0 Å². The van der Waals surface area contributed by atoms with Gasteiger partial charge in [-0.15, -0.1) is 0 Å². The minimum Gasteiger partial charge on any atom is -0.299 e. The SMILES string of the molecule is C/C(=C\C=O)CCC1C(C)CCC2C(C)(C)CCCC12C. The summed E-state index contributed by atoms with van der Waals surface area (Å²) in [7, 11) is 0. The molecule has 2 aliphatic rings. The average Bonchev–Trinajstić information content (AvgIpc) is 2.37. The summed E-state index contributed by atoms with van der Waals surface area (Å²) in [5.41, 5.74) is 2.28. The molecule has 2 saturated carbocycles. The molecule has 0 aliphatic heterocycles. The maximum atomic E-state index is 10.6. The third kappa shape index (κ3) is 3.27. The molecule has 0 amide bonds. The van der Waals surface area contributed by atoms with E-state index in [2.05, 4.69) is 34.6 Å². The van der Waals surface area contributed by atoms with Crippen LogP contribution in [0.5, 0.6) is 0 Å². The molecule has 0 N–H and O–H groups in total. The predicted octanol–water partition coefficient (Wildman–Crippen LogP) is 5.79. The fraction of sp³-hybridized carbons (Fsp3) is 0.850. The summed E-state index contributed by atoms with van der Waals surface area (Å²) in [6.07, 6.45) is 12.1. The second-order valence-electron chi connectivity index (χ2n) is 8.75. The van der Waals surface area contributed by atoms with Crippen molar-refractivity contribution in [1.82, 2.24) is 0 Å². The lowest BCUT2D eigenvalue weighted by molar-refractivity contribution is -0.104. The molecule has 2 rings (SSSR count). The lowest BCUT2D eigenvalue weighted by atomic mass is 9.46. The molecule has 0 radical (unpaired) electrons. The lowest BCUT2D eigenvalue weighted by Gasteiger charge is -2.59. The van der Waals surface area contributed by atoms with Crippen LogP contribution in [-0.2, 0) is 4.79 Å². The van der Waals surface area contributed by atoms with Crippen molar-refractivity contribution in [1.29, 1.82) is 0 Å². The summed E-state index contributed by atoms with van der Waals surface area (Å²) in [5, 5.41) is 0. The predicted molar refractivity (Wildman–Crippen MR) is 90.2 cm³/mol. The van der Waals surface area contributed by atoms with Crippen LogP contribution in [0.1, 0.15) is 79.6 Å². The molecule has 0 aromatic carbocycles. The van der Waals surface area contributed by atoms with E-state index in [9.17, 15) is 4.79 Å². The van der Waals surface area contributed by atoms with Gasteiger partial charge in [0.1, 0.15) is 6.29 Å². The van der Waals surface area contributed by atoms with E-state index in [1.807, 2.05) is 0 Å². The summed E-state index contributed by atoms with van der Waals surface area (Å²) in [4.78, 5) is 10.6. The Morgan fingerprint density at radius 2 is 1.90 bits per heavy atom. The Bertz CT molecular complexity index is 406. The number of fused-ring (bicyclic) bond motifs is 1. The number of hydrogen-bond acceptors (Lipinski definition) is 1. The standard InChI is InChI=1S/C20H34O/c1-15(11-14-21)7-9-17-16(2)8-10-18-19(3,4)12-6-13-20(17,18)5/h11,14,16-18H,6-10,12-13H2,1-5H3/b15-11+. The Hall–Kier alpha value is -0.590. The molecular weight excluding hydrogens is 256 g/mol. The minimum absolute atomic E-state index is 0.513. The minimum atomic E-state index is 0.513. The summed E-state index contributed by atoms with van der Waals surface area (Å²) in [6.45, 7) is 12.1. The van der Waals surface area contributed by atoms with Gasteiger partial charge in [0.15, 0.2) is 0 Å². The van der Waals surface area contributed by atoms with Gasteiger partial charge in [-0.1, -0.05) is 46.1 Å². The Morgan fingerprint density at radius 1 is 1.19 bits per heavy atom. The molecule has 0 spiro atoms. The van der Waals surface area contributed by atoms with E-state index < -0.39 is 0 Å². The third-order valence-corrected chi connectivity index (χ3v) is 6.92. The largest absolute Gasteiger partial charge is 0.299 e. The summed E-state index contributed by atoms with van der Waals surface area (Å²) in [5.74, 6) is 2.55. The molecule has 1 nitrogen and oxygen atoms in total. The van der Waals surface area contributed by atoms with Crippen molar-refractivity contribution in [3.05, 3.63) is 11.6 Å². The van der Waals surface area contributed by atoms with Crippen molar-refractivity contribution < 1.29 is 4.79 Å².